The minimum Gasteiger partial charge on any atom is -0.481 e. The van der Waals surface area contributed by atoms with Crippen molar-refractivity contribution in [3.63, 3.8) is 0 Å². The Morgan fingerprint density at radius 3 is 2.58 bits per heavy atom. The minimum absolute atomic E-state index is 0.0597. The third-order valence-corrected chi connectivity index (χ3v) is 5.25. The lowest BCUT2D eigenvalue weighted by Gasteiger charge is -2.12. The van der Waals surface area contributed by atoms with E-state index in [4.69, 9.17) is 16.7 Å². The van der Waals surface area contributed by atoms with Gasteiger partial charge < -0.3 is 10.4 Å². The predicted molar refractivity (Wildman–Crippen MR) is 98.7 cm³/mol. The number of nitrogens with one attached hydrogen (secondary N) is 1. The molecule has 0 bridgehead atoms. The van der Waals surface area contributed by atoms with Crippen molar-refractivity contribution in [1.82, 2.24) is 15.1 Å². The van der Waals surface area contributed by atoms with Gasteiger partial charge in [0, 0.05) is 22.3 Å². The third-order valence-electron chi connectivity index (χ3n) is 5.00. The largest absolute Gasteiger partial charge is 0.481 e. The molecule has 2 N–H and O–H groups in total. The van der Waals surface area contributed by atoms with Gasteiger partial charge in [0.25, 0.3) is 0 Å². The first-order valence-corrected chi connectivity index (χ1v) is 9.06. The Morgan fingerprint density at radius 2 is 1.96 bits per heavy atom. The van der Waals surface area contributed by atoms with Gasteiger partial charge in [0.2, 0.25) is 5.91 Å². The topological polar surface area (TPSA) is 84.2 Å². The van der Waals surface area contributed by atoms with Crippen molar-refractivity contribution in [3.05, 3.63) is 46.2 Å². The van der Waals surface area contributed by atoms with Crippen molar-refractivity contribution in [2.45, 2.75) is 45.6 Å². The van der Waals surface area contributed by atoms with Crippen LogP contribution in [0.2, 0.25) is 5.02 Å². The summed E-state index contributed by atoms with van der Waals surface area (Å²) in [5.41, 5.74) is 3.50. The lowest BCUT2D eigenvalue weighted by atomic mass is 10.1. The summed E-state index contributed by atoms with van der Waals surface area (Å²) in [5.74, 6) is -1.22. The van der Waals surface area contributed by atoms with Crippen LogP contribution in [0.5, 0.6) is 0 Å². The number of carboxylic acid groups (broad SMARTS) is 1. The van der Waals surface area contributed by atoms with Crippen LogP contribution in [0.25, 0.3) is 5.69 Å². The van der Waals surface area contributed by atoms with Crippen LogP contribution >= 0.6 is 11.6 Å². The summed E-state index contributed by atoms with van der Waals surface area (Å²) in [6, 6.07) is 7.32. The molecule has 1 aromatic carbocycles. The van der Waals surface area contributed by atoms with Crippen molar-refractivity contribution < 1.29 is 14.7 Å². The van der Waals surface area contributed by atoms with Crippen molar-refractivity contribution in [1.29, 1.82) is 0 Å². The van der Waals surface area contributed by atoms with Crippen LogP contribution in [0.1, 0.15) is 36.2 Å². The zero-order valence-electron chi connectivity index (χ0n) is 14.8. The standard InChI is InChI=1S/C19H22ClN3O3/c1-11-17(10-18(24)21-15-6-3-13(9-15)19(25)26)12(2)23(22-11)16-7-4-14(20)5-8-16/h4-5,7-8,13,15H,3,6,9-10H2,1-2H3,(H,21,24)(H,25,26)/t13-,15+/m1/s1. The van der Waals surface area contributed by atoms with Crippen LogP contribution in [0.4, 0.5) is 0 Å². The van der Waals surface area contributed by atoms with E-state index >= 15 is 0 Å². The Hall–Kier alpha value is -2.34. The highest BCUT2D eigenvalue weighted by Crippen LogP contribution is 2.26. The van der Waals surface area contributed by atoms with Gasteiger partial charge in [-0.05, 0) is 57.4 Å². The lowest BCUT2D eigenvalue weighted by Crippen LogP contribution is -2.34. The number of aryl methyl sites for hydroxylation is 1. The fraction of sp³-hybridized carbons (Fsp3) is 0.421. The van der Waals surface area contributed by atoms with Crippen molar-refractivity contribution in [3.8, 4) is 5.69 Å². The molecule has 1 heterocycles. The number of hydrogen-bond donors (Lipinski definition) is 2. The molecule has 3 rings (SSSR count). The highest BCUT2D eigenvalue weighted by atomic mass is 35.5. The van der Waals surface area contributed by atoms with E-state index in [2.05, 4.69) is 10.4 Å². The number of amides is 1. The van der Waals surface area contributed by atoms with Crippen LogP contribution in [-0.2, 0) is 16.0 Å². The van der Waals surface area contributed by atoms with Gasteiger partial charge in [0.15, 0.2) is 0 Å². The molecule has 1 saturated carbocycles. The Labute approximate surface area is 157 Å². The van der Waals surface area contributed by atoms with Crippen LogP contribution in [0, 0.1) is 19.8 Å². The van der Waals surface area contributed by atoms with Crippen LogP contribution in [-0.4, -0.2) is 32.8 Å². The molecule has 0 radical (unpaired) electrons. The van der Waals surface area contributed by atoms with Crippen molar-refractivity contribution >= 4 is 23.5 Å². The summed E-state index contributed by atoms with van der Waals surface area (Å²) in [6.45, 7) is 3.82. The van der Waals surface area contributed by atoms with E-state index in [1.54, 1.807) is 12.1 Å². The molecular formula is C19H22ClN3O3. The molecule has 0 spiro atoms. The Balaban J connectivity index is 1.69. The fourth-order valence-corrected chi connectivity index (χ4v) is 3.67. The fourth-order valence-electron chi connectivity index (χ4n) is 3.54. The first-order valence-electron chi connectivity index (χ1n) is 8.68. The Kier molecular flexibility index (Phi) is 5.32. The van der Waals surface area contributed by atoms with E-state index in [1.165, 1.54) is 0 Å². The van der Waals surface area contributed by atoms with Crippen molar-refractivity contribution in [2.75, 3.05) is 0 Å². The average molecular weight is 376 g/mol. The molecule has 1 aliphatic rings. The molecule has 1 amide bonds. The zero-order chi connectivity index (χ0) is 18.8. The molecule has 0 saturated heterocycles. The van der Waals surface area contributed by atoms with E-state index in [1.807, 2.05) is 30.7 Å². The molecule has 138 valence electrons. The highest BCUT2D eigenvalue weighted by Gasteiger charge is 2.30. The van der Waals surface area contributed by atoms with Crippen LogP contribution in [0.15, 0.2) is 24.3 Å². The Morgan fingerprint density at radius 1 is 1.27 bits per heavy atom. The van der Waals surface area contributed by atoms with Gasteiger partial charge in [-0.3, -0.25) is 9.59 Å². The van der Waals surface area contributed by atoms with Gasteiger partial charge >= 0.3 is 5.97 Å². The normalized spacial score (nSPS) is 19.5. The van der Waals surface area contributed by atoms with Gasteiger partial charge in [0.1, 0.15) is 0 Å². The number of halogens is 1. The van der Waals surface area contributed by atoms with Gasteiger partial charge in [-0.1, -0.05) is 11.6 Å². The monoisotopic (exact) mass is 375 g/mol. The van der Waals surface area contributed by atoms with Gasteiger partial charge in [-0.25, -0.2) is 4.68 Å². The van der Waals surface area contributed by atoms with Gasteiger partial charge in [-0.2, -0.15) is 5.10 Å². The third kappa shape index (κ3) is 3.90. The smallest absolute Gasteiger partial charge is 0.306 e. The molecule has 1 fully saturated rings. The summed E-state index contributed by atoms with van der Waals surface area (Å²) in [7, 11) is 0. The lowest BCUT2D eigenvalue weighted by molar-refractivity contribution is -0.141. The molecule has 0 aliphatic heterocycles. The molecular weight excluding hydrogens is 354 g/mol. The first-order chi connectivity index (χ1) is 12.3. The molecule has 0 unspecified atom stereocenters. The van der Waals surface area contributed by atoms with Crippen LogP contribution in [0.3, 0.4) is 0 Å². The van der Waals surface area contributed by atoms with Crippen molar-refractivity contribution in [2.24, 2.45) is 5.92 Å². The average Bonchev–Trinajstić information content (AvgIpc) is 3.16. The number of carbonyl (C=O) groups excluding carboxylic acids is 1. The molecule has 6 nitrogen and oxygen atoms in total. The molecule has 1 aliphatic carbocycles. The second-order valence-corrected chi connectivity index (χ2v) is 7.26. The molecule has 26 heavy (non-hydrogen) atoms. The molecule has 2 atom stereocenters. The second-order valence-electron chi connectivity index (χ2n) is 6.83. The number of nitrogens with zero attached hydrogens (tertiary/aromatic N) is 2. The molecule has 7 heteroatoms. The van der Waals surface area contributed by atoms with Gasteiger partial charge in [-0.15, -0.1) is 0 Å². The summed E-state index contributed by atoms with van der Waals surface area (Å²) < 4.78 is 1.81. The summed E-state index contributed by atoms with van der Waals surface area (Å²) in [4.78, 5) is 23.5. The summed E-state index contributed by atoms with van der Waals surface area (Å²) >= 11 is 5.94. The zero-order valence-corrected chi connectivity index (χ0v) is 15.6. The summed E-state index contributed by atoms with van der Waals surface area (Å²) in [6.07, 6.45) is 2.07. The van der Waals surface area contributed by atoms with E-state index in [-0.39, 0.29) is 24.3 Å². The number of carboxylic acids is 1. The number of rotatable bonds is 5. The number of aromatic nitrogens is 2. The minimum atomic E-state index is -0.780. The van der Waals surface area contributed by atoms with E-state index in [0.717, 1.165) is 22.6 Å². The Bertz CT molecular complexity index is 829. The molecule has 2 aromatic rings. The molecule has 1 aromatic heterocycles. The van der Waals surface area contributed by atoms with Gasteiger partial charge in [0.05, 0.1) is 23.7 Å². The maximum Gasteiger partial charge on any atom is 0.306 e. The summed E-state index contributed by atoms with van der Waals surface area (Å²) in [5, 5.41) is 17.2. The first kappa shape index (κ1) is 18.5. The van der Waals surface area contributed by atoms with Crippen LogP contribution < -0.4 is 5.32 Å². The SMILES string of the molecule is Cc1nn(-c2ccc(Cl)cc2)c(C)c1CC(=O)N[C@H]1CC[C@@H](C(=O)O)C1. The maximum atomic E-state index is 12.4. The number of aliphatic carboxylic acids is 1. The number of carbonyl (C=O) groups is 2. The highest BCUT2D eigenvalue weighted by molar-refractivity contribution is 6.30. The number of benzene rings is 1. The predicted octanol–water partition coefficient (Wildman–Crippen LogP) is 3.05. The van der Waals surface area contributed by atoms with E-state index in [9.17, 15) is 9.59 Å². The van der Waals surface area contributed by atoms with E-state index < -0.39 is 5.97 Å². The second kappa shape index (κ2) is 7.50. The maximum absolute atomic E-state index is 12.4. The quantitative estimate of drug-likeness (QED) is 0.841. The number of hydrogen-bond acceptors (Lipinski definition) is 3. The van der Waals surface area contributed by atoms with E-state index in [0.29, 0.717) is 24.3 Å².